The normalized spacial score (nSPS) is 15.0. The fourth-order valence-corrected chi connectivity index (χ4v) is 2.93. The molecule has 0 saturated carbocycles. The second-order valence-electron chi connectivity index (χ2n) is 6.55. The van der Waals surface area contributed by atoms with Crippen molar-refractivity contribution in [2.45, 2.75) is 25.9 Å². The molecule has 26 heavy (non-hydrogen) atoms. The lowest BCUT2D eigenvalue weighted by molar-refractivity contribution is -0.384. The third-order valence-corrected chi connectivity index (χ3v) is 4.25. The molecule has 0 spiro atoms. The Morgan fingerprint density at radius 3 is 2.69 bits per heavy atom. The smallest absolute Gasteiger partial charge is 0.270 e. The molecular weight excluding hydrogens is 360 g/mol. The van der Waals surface area contributed by atoms with Crippen LogP contribution in [0.15, 0.2) is 36.4 Å². The lowest BCUT2D eigenvalue weighted by Crippen LogP contribution is -2.35. The van der Waals surface area contributed by atoms with Gasteiger partial charge < -0.3 is 10.1 Å². The number of halogens is 1. The van der Waals surface area contributed by atoms with Crippen LogP contribution in [0.25, 0.3) is 0 Å². The maximum atomic E-state index is 12.4. The van der Waals surface area contributed by atoms with Gasteiger partial charge in [-0.1, -0.05) is 11.6 Å². The average Bonchev–Trinajstić information content (AvgIpc) is 2.54. The zero-order chi connectivity index (χ0) is 19.1. The molecule has 7 nitrogen and oxygen atoms in total. The van der Waals surface area contributed by atoms with E-state index in [4.69, 9.17) is 16.3 Å². The molecule has 1 aliphatic rings. The van der Waals surface area contributed by atoms with E-state index in [1.54, 1.807) is 12.1 Å². The first-order valence-electron chi connectivity index (χ1n) is 7.78. The van der Waals surface area contributed by atoms with Crippen molar-refractivity contribution in [3.8, 4) is 5.75 Å². The number of hydrogen-bond donors (Lipinski definition) is 1. The number of carbonyl (C=O) groups is 2. The Morgan fingerprint density at radius 2 is 2.00 bits per heavy atom. The van der Waals surface area contributed by atoms with Gasteiger partial charge in [-0.3, -0.25) is 19.7 Å². The van der Waals surface area contributed by atoms with Gasteiger partial charge in [0, 0.05) is 17.8 Å². The van der Waals surface area contributed by atoms with Crippen LogP contribution in [0.4, 0.5) is 11.4 Å². The van der Waals surface area contributed by atoms with Crippen LogP contribution in [-0.2, 0) is 0 Å². The predicted molar refractivity (Wildman–Crippen MR) is 96.2 cm³/mol. The van der Waals surface area contributed by atoms with Gasteiger partial charge >= 0.3 is 0 Å². The monoisotopic (exact) mass is 374 g/mol. The number of nitrogens with one attached hydrogen (secondary N) is 1. The molecule has 0 aromatic heterocycles. The molecule has 0 bridgehead atoms. The largest absolute Gasteiger partial charge is 0.487 e. The summed E-state index contributed by atoms with van der Waals surface area (Å²) in [7, 11) is 0. The van der Waals surface area contributed by atoms with Crippen molar-refractivity contribution >= 4 is 34.7 Å². The first-order valence-corrected chi connectivity index (χ1v) is 8.16. The van der Waals surface area contributed by atoms with Crippen molar-refractivity contribution in [3.63, 3.8) is 0 Å². The minimum Gasteiger partial charge on any atom is -0.487 e. The van der Waals surface area contributed by atoms with E-state index in [-0.39, 0.29) is 28.5 Å². The van der Waals surface area contributed by atoms with Crippen molar-refractivity contribution in [3.05, 3.63) is 62.7 Å². The standard InChI is InChI=1S/C18H15ClN2O5/c1-18(2)9-15(22)13-7-10(3-6-16(13)26-18)20-17(23)12-8-11(21(24)25)4-5-14(12)19/h3-8H,9H2,1-2H3,(H,20,23). The molecule has 134 valence electrons. The molecule has 0 atom stereocenters. The first-order chi connectivity index (χ1) is 12.2. The molecule has 1 N–H and O–H groups in total. The summed E-state index contributed by atoms with van der Waals surface area (Å²) < 4.78 is 5.77. The highest BCUT2D eigenvalue weighted by Gasteiger charge is 2.32. The van der Waals surface area contributed by atoms with Crippen LogP contribution in [0.1, 0.15) is 41.0 Å². The van der Waals surface area contributed by atoms with E-state index in [1.165, 1.54) is 18.2 Å². The van der Waals surface area contributed by atoms with Gasteiger partial charge in [-0.15, -0.1) is 0 Å². The van der Waals surface area contributed by atoms with Crippen LogP contribution in [0.3, 0.4) is 0 Å². The maximum Gasteiger partial charge on any atom is 0.270 e. The summed E-state index contributed by atoms with van der Waals surface area (Å²) in [6.45, 7) is 3.65. The number of anilines is 1. The number of nitro benzene ring substituents is 1. The fourth-order valence-electron chi connectivity index (χ4n) is 2.73. The van der Waals surface area contributed by atoms with Crippen LogP contribution < -0.4 is 10.1 Å². The maximum absolute atomic E-state index is 12.4. The van der Waals surface area contributed by atoms with E-state index < -0.39 is 16.4 Å². The highest BCUT2D eigenvalue weighted by atomic mass is 35.5. The number of non-ortho nitro benzene ring substituents is 1. The molecule has 0 aliphatic carbocycles. The number of ether oxygens (including phenoxy) is 1. The van der Waals surface area contributed by atoms with Crippen LogP contribution in [0, 0.1) is 10.1 Å². The van der Waals surface area contributed by atoms with Crippen LogP contribution in [0.5, 0.6) is 5.75 Å². The Hall–Kier alpha value is -2.93. The van der Waals surface area contributed by atoms with Gasteiger partial charge in [0.05, 0.1) is 27.5 Å². The summed E-state index contributed by atoms with van der Waals surface area (Å²) in [5.74, 6) is -0.235. The quantitative estimate of drug-likeness (QED) is 0.639. The van der Waals surface area contributed by atoms with Gasteiger partial charge in [0.2, 0.25) is 0 Å². The number of rotatable bonds is 3. The van der Waals surface area contributed by atoms with E-state index in [2.05, 4.69) is 5.32 Å². The molecule has 1 amide bonds. The number of benzene rings is 2. The number of nitro groups is 1. The Bertz CT molecular complexity index is 939. The lowest BCUT2D eigenvalue weighted by atomic mass is 9.93. The Labute approximate surface area is 154 Å². The molecule has 2 aromatic carbocycles. The van der Waals surface area contributed by atoms with Crippen molar-refractivity contribution in [1.82, 2.24) is 0 Å². The minimum atomic E-state index is -0.608. The lowest BCUT2D eigenvalue weighted by Gasteiger charge is -2.31. The Balaban J connectivity index is 1.88. The summed E-state index contributed by atoms with van der Waals surface area (Å²) in [5.41, 5.74) is -0.0935. The van der Waals surface area contributed by atoms with Gasteiger partial charge in [0.25, 0.3) is 11.6 Å². The van der Waals surface area contributed by atoms with Crippen molar-refractivity contribution in [2.24, 2.45) is 0 Å². The molecule has 2 aromatic rings. The molecule has 1 aliphatic heterocycles. The number of carbonyl (C=O) groups excluding carboxylic acids is 2. The van der Waals surface area contributed by atoms with Gasteiger partial charge in [0.1, 0.15) is 11.4 Å². The summed E-state index contributed by atoms with van der Waals surface area (Å²) in [6.07, 6.45) is 0.230. The zero-order valence-corrected chi connectivity index (χ0v) is 14.8. The second kappa shape index (κ2) is 6.42. The number of hydrogen-bond acceptors (Lipinski definition) is 5. The van der Waals surface area contributed by atoms with Gasteiger partial charge in [-0.2, -0.15) is 0 Å². The summed E-state index contributed by atoms with van der Waals surface area (Å²) in [6, 6.07) is 8.34. The molecule has 3 rings (SSSR count). The number of Topliss-reactive ketones (excluding diaryl/α,β-unsaturated/α-hetero) is 1. The molecule has 0 radical (unpaired) electrons. The Morgan fingerprint density at radius 1 is 1.27 bits per heavy atom. The minimum absolute atomic E-state index is 0.0257. The van der Waals surface area contributed by atoms with Crippen LogP contribution in [-0.4, -0.2) is 22.2 Å². The van der Waals surface area contributed by atoms with E-state index >= 15 is 0 Å². The van der Waals surface area contributed by atoms with Crippen LogP contribution in [0.2, 0.25) is 5.02 Å². The van der Waals surface area contributed by atoms with Crippen molar-refractivity contribution < 1.29 is 19.2 Å². The Kier molecular flexibility index (Phi) is 4.41. The molecule has 0 fully saturated rings. The van der Waals surface area contributed by atoms with Crippen molar-refractivity contribution in [1.29, 1.82) is 0 Å². The van der Waals surface area contributed by atoms with E-state index in [1.807, 2.05) is 13.8 Å². The third kappa shape index (κ3) is 3.52. The number of fused-ring (bicyclic) bond motifs is 1. The number of amides is 1. The van der Waals surface area contributed by atoms with Crippen molar-refractivity contribution in [2.75, 3.05) is 5.32 Å². The molecule has 8 heteroatoms. The fraction of sp³-hybridized carbons (Fsp3) is 0.222. The molecule has 0 saturated heterocycles. The van der Waals surface area contributed by atoms with Gasteiger partial charge in [-0.25, -0.2) is 0 Å². The zero-order valence-electron chi connectivity index (χ0n) is 14.0. The summed E-state index contributed by atoms with van der Waals surface area (Å²) >= 11 is 5.97. The highest BCUT2D eigenvalue weighted by molar-refractivity contribution is 6.34. The average molecular weight is 375 g/mol. The van der Waals surface area contributed by atoms with Crippen LogP contribution >= 0.6 is 11.6 Å². The topological polar surface area (TPSA) is 98.5 Å². The SMILES string of the molecule is CC1(C)CC(=O)c2cc(NC(=O)c3cc([N+](=O)[O-])ccc3Cl)ccc2O1. The summed E-state index contributed by atoms with van der Waals surface area (Å²) in [5, 5.41) is 13.6. The van der Waals surface area contributed by atoms with Gasteiger partial charge in [-0.05, 0) is 38.1 Å². The first kappa shape index (κ1) is 17.9. The van der Waals surface area contributed by atoms with E-state index in [0.29, 0.717) is 17.0 Å². The predicted octanol–water partition coefficient (Wildman–Crippen LogP) is 4.24. The second-order valence-corrected chi connectivity index (χ2v) is 6.96. The van der Waals surface area contributed by atoms with Gasteiger partial charge in [0.15, 0.2) is 5.78 Å². The third-order valence-electron chi connectivity index (χ3n) is 3.92. The molecule has 0 unspecified atom stereocenters. The highest BCUT2D eigenvalue weighted by Crippen LogP contribution is 2.34. The number of nitrogens with zero attached hydrogens (tertiary/aromatic N) is 1. The molecular formula is C18H15ClN2O5. The summed E-state index contributed by atoms with van der Waals surface area (Å²) in [4.78, 5) is 35.0. The number of ketones is 1. The van der Waals surface area contributed by atoms with E-state index in [9.17, 15) is 19.7 Å². The molecule has 1 heterocycles. The van der Waals surface area contributed by atoms with E-state index in [0.717, 1.165) is 6.07 Å².